The summed E-state index contributed by atoms with van der Waals surface area (Å²) in [7, 11) is -3.67. The summed E-state index contributed by atoms with van der Waals surface area (Å²) in [6, 6.07) is 14.5. The fraction of sp³-hybridized carbons (Fsp3) is 0.231. The molecule has 2 atom stereocenters. The average molecular weight is 823 g/mol. The molecule has 8 rings (SSSR count). The zero-order valence-electron chi connectivity index (χ0n) is 31.5. The van der Waals surface area contributed by atoms with Gasteiger partial charge in [-0.2, -0.15) is 8.42 Å². The first-order valence-electron chi connectivity index (χ1n) is 18.0. The number of benzene rings is 4. The molecule has 0 bridgehead atoms. The molecule has 2 aliphatic heterocycles. The van der Waals surface area contributed by atoms with Gasteiger partial charge in [0.2, 0.25) is 0 Å². The second kappa shape index (κ2) is 15.5. The average Bonchev–Trinajstić information content (AvgIpc) is 3.19. The molecule has 0 unspecified atom stereocenters. The minimum absolute atomic E-state index is 0.0139. The fourth-order valence-corrected chi connectivity index (χ4v) is 7.48. The number of nitro groups is 2. The lowest BCUT2D eigenvalue weighted by Crippen LogP contribution is -2.50. The van der Waals surface area contributed by atoms with E-state index >= 15 is 0 Å². The smallest absolute Gasteiger partial charge is 0.270 e. The van der Waals surface area contributed by atoms with Crippen molar-refractivity contribution in [1.82, 2.24) is 30.4 Å². The maximum atomic E-state index is 13.7. The summed E-state index contributed by atoms with van der Waals surface area (Å²) < 4.78 is 25.9. The highest BCUT2D eigenvalue weighted by atomic mass is 32.2. The zero-order chi connectivity index (χ0) is 42.5. The molecule has 19 nitrogen and oxygen atoms in total. The molecule has 2 aromatic heterocycles. The minimum atomic E-state index is -3.67. The fourth-order valence-electron chi connectivity index (χ4n) is 7.48. The van der Waals surface area contributed by atoms with Gasteiger partial charge in [0.1, 0.15) is 0 Å². The van der Waals surface area contributed by atoms with E-state index in [1.54, 1.807) is 62.6 Å². The second-order valence-electron chi connectivity index (χ2n) is 14.2. The van der Waals surface area contributed by atoms with Crippen molar-refractivity contribution < 1.29 is 42.0 Å². The highest BCUT2D eigenvalue weighted by Gasteiger charge is 2.37. The number of nitrogens with one attached hydrogen (secondary N) is 2. The highest BCUT2D eigenvalue weighted by Crippen LogP contribution is 2.39. The van der Waals surface area contributed by atoms with Gasteiger partial charge in [0.05, 0.1) is 38.3 Å². The van der Waals surface area contributed by atoms with Crippen LogP contribution in [0.2, 0.25) is 0 Å². The Balaban J connectivity index is 0.000000997. The van der Waals surface area contributed by atoms with Crippen molar-refractivity contribution in [1.29, 1.82) is 0 Å². The maximum Gasteiger partial charge on any atom is 0.270 e. The molecule has 0 saturated carbocycles. The molecule has 0 aliphatic carbocycles. The van der Waals surface area contributed by atoms with E-state index in [1.807, 2.05) is 0 Å². The first-order chi connectivity index (χ1) is 27.9. The van der Waals surface area contributed by atoms with Gasteiger partial charge >= 0.3 is 0 Å². The molecule has 0 spiro atoms. The number of rotatable bonds is 11. The van der Waals surface area contributed by atoms with Crippen LogP contribution in [0.15, 0.2) is 73.1 Å². The number of fused-ring (bicyclic) bond motifs is 4. The van der Waals surface area contributed by atoms with Gasteiger partial charge in [-0.15, -0.1) is 0 Å². The number of carbonyl (C=O) groups is 4. The number of hydrogen-bond donors (Lipinski definition) is 3. The van der Waals surface area contributed by atoms with E-state index in [0.717, 1.165) is 9.80 Å². The number of aromatic nitrogens is 2. The molecule has 3 N–H and O–H groups in total. The van der Waals surface area contributed by atoms with Crippen molar-refractivity contribution in [2.45, 2.75) is 25.9 Å². The molecule has 0 fully saturated rings. The quantitative estimate of drug-likeness (QED) is 0.0412. The van der Waals surface area contributed by atoms with Crippen molar-refractivity contribution in [3.63, 3.8) is 0 Å². The molecule has 4 heterocycles. The molecule has 4 aromatic carbocycles. The van der Waals surface area contributed by atoms with Crippen LogP contribution in [0.3, 0.4) is 0 Å². The SMILES string of the molecule is CS(=O)(=O)O.C[C@@H](CN1C(=O)c2cc([N+](=O)[O-])cc3c2c(cc2cccnc23)C1=O)NCCN[C@@H](C)CN1C(=O)c2cc([N+](=O)[O-])cc3c2c(cc2cccnc23)C1=O. The molecule has 20 heteroatoms. The Morgan fingerprint density at radius 2 is 1.00 bits per heavy atom. The van der Waals surface area contributed by atoms with E-state index < -0.39 is 43.6 Å². The van der Waals surface area contributed by atoms with Gasteiger partial charge in [-0.05, 0) is 38.1 Å². The van der Waals surface area contributed by atoms with E-state index in [-0.39, 0.29) is 58.8 Å². The monoisotopic (exact) mass is 822 g/mol. The molecule has 2 aliphatic rings. The number of hydrogen-bond acceptors (Lipinski definition) is 14. The van der Waals surface area contributed by atoms with Gasteiger partial charge in [0.25, 0.3) is 45.1 Å². The largest absolute Gasteiger partial charge is 0.311 e. The van der Waals surface area contributed by atoms with E-state index in [4.69, 9.17) is 4.55 Å². The molecule has 302 valence electrons. The van der Waals surface area contributed by atoms with Crippen LogP contribution in [0.25, 0.3) is 43.4 Å². The Bertz CT molecular complexity index is 2750. The lowest BCUT2D eigenvalue weighted by molar-refractivity contribution is -0.384. The predicted molar refractivity (Wildman–Crippen MR) is 215 cm³/mol. The van der Waals surface area contributed by atoms with Crippen LogP contribution in [0, 0.1) is 20.2 Å². The van der Waals surface area contributed by atoms with Gasteiger partial charge in [-0.25, -0.2) is 0 Å². The standard InChI is InChI=1S/C38H30N8O8.CH4O3S/c1-19(17-43-35(47)27-11-21-5-3-7-41-33(21)25-13-23(45(51)52)15-29(31(25)27)37(43)49)39-9-10-40-20(2)18-44-36(48)28-12-22-6-4-8-42-34(22)26-14-24(46(53)54)16-30(32(26)28)38(44)50;1-5(2,3)4/h3-8,11-16,19-20,39-40H,9-10,17-18H2,1-2H3;1H3,(H,2,3,4)/t19-,20-;/m0./s1. The Hall–Kier alpha value is -6.87. The van der Waals surface area contributed by atoms with Gasteiger partial charge in [-0.1, -0.05) is 12.1 Å². The number of nitro benzene ring substituents is 2. The molecule has 59 heavy (non-hydrogen) atoms. The van der Waals surface area contributed by atoms with Gasteiger partial charge < -0.3 is 10.6 Å². The Labute approximate surface area is 334 Å². The summed E-state index contributed by atoms with van der Waals surface area (Å²) in [6.45, 7) is 4.33. The van der Waals surface area contributed by atoms with Crippen molar-refractivity contribution in [2.24, 2.45) is 0 Å². The lowest BCUT2D eigenvalue weighted by atomic mass is 9.91. The molecule has 4 amide bonds. The summed E-state index contributed by atoms with van der Waals surface area (Å²) in [5.41, 5.74) is 0.995. The number of non-ortho nitro benzene ring substituents is 2. The molecular weight excluding hydrogens is 789 g/mol. The summed E-state index contributed by atoms with van der Waals surface area (Å²) in [5, 5.41) is 32.8. The summed E-state index contributed by atoms with van der Waals surface area (Å²) in [5.74, 6) is -2.31. The van der Waals surface area contributed by atoms with E-state index in [1.165, 1.54) is 24.3 Å². The third-order valence-electron chi connectivity index (χ3n) is 9.92. The number of imide groups is 2. The number of pyridine rings is 2. The van der Waals surface area contributed by atoms with Crippen molar-refractivity contribution >= 4 is 88.5 Å². The summed E-state index contributed by atoms with van der Waals surface area (Å²) >= 11 is 0. The van der Waals surface area contributed by atoms with Crippen LogP contribution < -0.4 is 10.6 Å². The van der Waals surface area contributed by atoms with E-state index in [2.05, 4.69) is 20.6 Å². The van der Waals surface area contributed by atoms with E-state index in [0.29, 0.717) is 62.7 Å². The Kier molecular flexibility index (Phi) is 10.6. The van der Waals surface area contributed by atoms with Gasteiger partial charge in [0, 0.05) is 118 Å². The number of amides is 4. The Morgan fingerprint density at radius 1 is 0.661 bits per heavy atom. The lowest BCUT2D eigenvalue weighted by Gasteiger charge is -2.30. The van der Waals surface area contributed by atoms with Crippen LogP contribution in [0.4, 0.5) is 11.4 Å². The molecular formula is C39H34N8O11S. The van der Waals surface area contributed by atoms with Crippen LogP contribution in [0.1, 0.15) is 55.3 Å². The predicted octanol–water partition coefficient (Wildman–Crippen LogP) is 4.26. The number of nitrogens with zero attached hydrogens (tertiary/aromatic N) is 6. The van der Waals surface area contributed by atoms with Crippen LogP contribution >= 0.6 is 0 Å². The molecule has 0 saturated heterocycles. The third kappa shape index (κ3) is 7.76. The van der Waals surface area contributed by atoms with Gasteiger partial charge in [-0.3, -0.25) is 63.7 Å². The van der Waals surface area contributed by atoms with Crippen molar-refractivity contribution in [2.75, 3.05) is 32.4 Å². The summed E-state index contributed by atoms with van der Waals surface area (Å²) in [4.78, 5) is 88.2. The number of carbonyl (C=O) groups excluding carboxylic acids is 4. The van der Waals surface area contributed by atoms with Crippen LogP contribution in [0.5, 0.6) is 0 Å². The van der Waals surface area contributed by atoms with Crippen molar-refractivity contribution in [3.05, 3.63) is 116 Å². The third-order valence-corrected chi connectivity index (χ3v) is 9.92. The molecule has 0 radical (unpaired) electrons. The molecule has 6 aromatic rings. The minimum Gasteiger partial charge on any atom is -0.311 e. The second-order valence-corrected chi connectivity index (χ2v) is 15.7. The van der Waals surface area contributed by atoms with Gasteiger partial charge in [0.15, 0.2) is 0 Å². The topological polar surface area (TPSA) is 265 Å². The first kappa shape index (κ1) is 40.3. The Morgan fingerprint density at radius 3 is 1.34 bits per heavy atom. The zero-order valence-corrected chi connectivity index (χ0v) is 32.3. The highest BCUT2D eigenvalue weighted by molar-refractivity contribution is 7.85. The van der Waals surface area contributed by atoms with Crippen LogP contribution in [-0.4, -0.2) is 111 Å². The summed E-state index contributed by atoms with van der Waals surface area (Å²) in [6.07, 6.45) is 3.81. The van der Waals surface area contributed by atoms with Crippen molar-refractivity contribution in [3.8, 4) is 0 Å². The maximum absolute atomic E-state index is 13.7. The van der Waals surface area contributed by atoms with E-state index in [9.17, 15) is 47.8 Å². The van der Waals surface area contributed by atoms with Crippen LogP contribution in [-0.2, 0) is 10.1 Å². The first-order valence-corrected chi connectivity index (χ1v) is 19.9. The normalized spacial score (nSPS) is 14.8.